The van der Waals surface area contributed by atoms with Crippen LogP contribution in [-0.2, 0) is 5.41 Å². The van der Waals surface area contributed by atoms with Gasteiger partial charge in [-0.25, -0.2) is 0 Å². The standard InChI is InChI=1S/C12H21N3/c1-5-14-8-11(9-14)15-7-10(6-13-15)12(2,3)4/h6-7,11H,5,8-9H2,1-4H3. The van der Waals surface area contributed by atoms with E-state index in [-0.39, 0.29) is 5.41 Å². The first-order valence-electron chi connectivity index (χ1n) is 5.77. The zero-order valence-electron chi connectivity index (χ0n) is 10.2. The fourth-order valence-electron chi connectivity index (χ4n) is 1.89. The summed E-state index contributed by atoms with van der Waals surface area (Å²) in [5.74, 6) is 0. The molecule has 1 saturated heterocycles. The van der Waals surface area contributed by atoms with Crippen molar-refractivity contribution in [2.24, 2.45) is 0 Å². The molecule has 15 heavy (non-hydrogen) atoms. The molecule has 3 heteroatoms. The van der Waals surface area contributed by atoms with Crippen LogP contribution in [0.2, 0.25) is 0 Å². The van der Waals surface area contributed by atoms with E-state index in [1.165, 1.54) is 5.56 Å². The van der Waals surface area contributed by atoms with Gasteiger partial charge in [0.05, 0.1) is 12.2 Å². The molecule has 0 radical (unpaired) electrons. The summed E-state index contributed by atoms with van der Waals surface area (Å²) in [5.41, 5.74) is 1.55. The molecule has 1 aromatic heterocycles. The van der Waals surface area contributed by atoms with Gasteiger partial charge in [-0.15, -0.1) is 0 Å². The Labute approximate surface area is 92.1 Å². The van der Waals surface area contributed by atoms with Crippen molar-refractivity contribution in [3.8, 4) is 0 Å². The molecule has 0 atom stereocenters. The highest BCUT2D eigenvalue weighted by Gasteiger charge is 2.28. The lowest BCUT2D eigenvalue weighted by Gasteiger charge is -2.38. The Kier molecular flexibility index (Phi) is 2.59. The summed E-state index contributed by atoms with van der Waals surface area (Å²) >= 11 is 0. The van der Waals surface area contributed by atoms with Crippen LogP contribution in [0.1, 0.15) is 39.3 Å². The average Bonchev–Trinajstić information content (AvgIpc) is 2.50. The summed E-state index contributed by atoms with van der Waals surface area (Å²) in [4.78, 5) is 2.43. The summed E-state index contributed by atoms with van der Waals surface area (Å²) in [5, 5.41) is 4.46. The molecular formula is C12H21N3. The summed E-state index contributed by atoms with van der Waals surface area (Å²) in [6, 6.07) is 0.598. The molecular weight excluding hydrogens is 186 g/mol. The van der Waals surface area contributed by atoms with Gasteiger partial charge in [0, 0.05) is 19.3 Å². The first-order chi connectivity index (χ1) is 7.00. The van der Waals surface area contributed by atoms with Gasteiger partial charge in [0.25, 0.3) is 0 Å². The Morgan fingerprint density at radius 1 is 1.40 bits per heavy atom. The van der Waals surface area contributed by atoms with Crippen LogP contribution in [0, 0.1) is 0 Å². The fourth-order valence-corrected chi connectivity index (χ4v) is 1.89. The number of likely N-dealkylation sites (N-methyl/N-ethyl adjacent to an activating group) is 1. The molecule has 0 N–H and O–H groups in total. The molecule has 0 saturated carbocycles. The van der Waals surface area contributed by atoms with Crippen molar-refractivity contribution in [1.82, 2.24) is 14.7 Å². The van der Waals surface area contributed by atoms with Crippen LogP contribution in [0.5, 0.6) is 0 Å². The van der Waals surface area contributed by atoms with Crippen molar-refractivity contribution < 1.29 is 0 Å². The van der Waals surface area contributed by atoms with Crippen molar-refractivity contribution in [1.29, 1.82) is 0 Å². The average molecular weight is 207 g/mol. The minimum Gasteiger partial charge on any atom is -0.299 e. The molecule has 2 rings (SSSR count). The number of hydrogen-bond donors (Lipinski definition) is 0. The highest BCUT2D eigenvalue weighted by molar-refractivity contribution is 5.15. The number of rotatable bonds is 2. The first kappa shape index (κ1) is 10.7. The van der Waals surface area contributed by atoms with Gasteiger partial charge in [-0.1, -0.05) is 27.7 Å². The van der Waals surface area contributed by atoms with Gasteiger partial charge in [-0.3, -0.25) is 9.58 Å². The molecule has 1 fully saturated rings. The normalized spacial score (nSPS) is 19.2. The smallest absolute Gasteiger partial charge is 0.0772 e. The summed E-state index contributed by atoms with van der Waals surface area (Å²) < 4.78 is 2.13. The van der Waals surface area contributed by atoms with E-state index in [0.29, 0.717) is 6.04 Å². The minimum atomic E-state index is 0.215. The number of aromatic nitrogens is 2. The van der Waals surface area contributed by atoms with E-state index in [0.717, 1.165) is 19.6 Å². The first-order valence-corrected chi connectivity index (χ1v) is 5.77. The summed E-state index contributed by atoms with van der Waals surface area (Å²) in [6.45, 7) is 12.4. The van der Waals surface area contributed by atoms with E-state index in [1.54, 1.807) is 0 Å². The monoisotopic (exact) mass is 207 g/mol. The van der Waals surface area contributed by atoms with Crippen LogP contribution in [0.4, 0.5) is 0 Å². The SMILES string of the molecule is CCN1CC(n2cc(C(C)(C)C)cn2)C1. The Morgan fingerprint density at radius 3 is 2.53 bits per heavy atom. The number of hydrogen-bond acceptors (Lipinski definition) is 2. The van der Waals surface area contributed by atoms with Gasteiger partial charge in [0.2, 0.25) is 0 Å². The molecule has 0 aromatic carbocycles. The van der Waals surface area contributed by atoms with E-state index < -0.39 is 0 Å². The third kappa shape index (κ3) is 2.07. The Hall–Kier alpha value is -0.830. The zero-order valence-corrected chi connectivity index (χ0v) is 10.2. The van der Waals surface area contributed by atoms with Crippen molar-refractivity contribution in [2.75, 3.05) is 19.6 Å². The molecule has 0 bridgehead atoms. The predicted octanol–water partition coefficient (Wildman–Crippen LogP) is 2.06. The van der Waals surface area contributed by atoms with E-state index >= 15 is 0 Å². The van der Waals surface area contributed by atoms with Crippen molar-refractivity contribution in [2.45, 2.75) is 39.2 Å². The molecule has 1 aromatic rings. The Balaban J connectivity index is 2.03. The third-order valence-corrected chi connectivity index (χ3v) is 3.23. The molecule has 84 valence electrons. The molecule has 1 aliphatic heterocycles. The Morgan fingerprint density at radius 2 is 2.07 bits per heavy atom. The Bertz CT molecular complexity index is 329. The van der Waals surface area contributed by atoms with E-state index in [2.05, 4.69) is 48.6 Å². The van der Waals surface area contributed by atoms with Gasteiger partial charge in [0.1, 0.15) is 0 Å². The van der Waals surface area contributed by atoms with E-state index in [9.17, 15) is 0 Å². The van der Waals surface area contributed by atoms with Crippen LogP contribution in [0.25, 0.3) is 0 Å². The summed E-state index contributed by atoms with van der Waals surface area (Å²) in [7, 11) is 0. The van der Waals surface area contributed by atoms with Crippen molar-refractivity contribution >= 4 is 0 Å². The second-order valence-electron chi connectivity index (χ2n) is 5.47. The summed E-state index contributed by atoms with van der Waals surface area (Å²) in [6.07, 6.45) is 4.21. The highest BCUT2D eigenvalue weighted by atomic mass is 15.4. The highest BCUT2D eigenvalue weighted by Crippen LogP contribution is 2.25. The molecule has 3 nitrogen and oxygen atoms in total. The largest absolute Gasteiger partial charge is 0.299 e. The van der Waals surface area contributed by atoms with Crippen LogP contribution in [-0.4, -0.2) is 34.3 Å². The lowest BCUT2D eigenvalue weighted by Crippen LogP contribution is -2.47. The maximum Gasteiger partial charge on any atom is 0.0772 e. The molecule has 0 amide bonds. The van der Waals surface area contributed by atoms with Crippen LogP contribution in [0.3, 0.4) is 0 Å². The van der Waals surface area contributed by atoms with Gasteiger partial charge >= 0.3 is 0 Å². The topological polar surface area (TPSA) is 21.1 Å². The van der Waals surface area contributed by atoms with Crippen molar-refractivity contribution in [3.63, 3.8) is 0 Å². The van der Waals surface area contributed by atoms with Crippen molar-refractivity contribution in [3.05, 3.63) is 18.0 Å². The second-order valence-corrected chi connectivity index (χ2v) is 5.47. The van der Waals surface area contributed by atoms with Gasteiger partial charge in [-0.05, 0) is 17.5 Å². The number of likely N-dealkylation sites (tertiary alicyclic amines) is 1. The van der Waals surface area contributed by atoms with E-state index in [1.807, 2.05) is 6.20 Å². The molecule has 0 aliphatic carbocycles. The lowest BCUT2D eigenvalue weighted by molar-refractivity contribution is 0.105. The van der Waals surface area contributed by atoms with Gasteiger partial charge in [-0.2, -0.15) is 5.10 Å². The van der Waals surface area contributed by atoms with Crippen LogP contribution >= 0.6 is 0 Å². The lowest BCUT2D eigenvalue weighted by atomic mass is 9.90. The van der Waals surface area contributed by atoms with Gasteiger partial charge in [0.15, 0.2) is 0 Å². The van der Waals surface area contributed by atoms with Crippen LogP contribution < -0.4 is 0 Å². The maximum absolute atomic E-state index is 4.46. The second kappa shape index (κ2) is 3.63. The minimum absolute atomic E-state index is 0.215. The number of nitrogens with zero attached hydrogens (tertiary/aromatic N) is 3. The quantitative estimate of drug-likeness (QED) is 0.740. The molecule has 1 aliphatic rings. The van der Waals surface area contributed by atoms with E-state index in [4.69, 9.17) is 0 Å². The van der Waals surface area contributed by atoms with Gasteiger partial charge < -0.3 is 0 Å². The maximum atomic E-state index is 4.46. The van der Waals surface area contributed by atoms with Crippen LogP contribution in [0.15, 0.2) is 12.4 Å². The molecule has 0 unspecified atom stereocenters. The zero-order chi connectivity index (χ0) is 11.1. The molecule has 0 spiro atoms. The fraction of sp³-hybridized carbons (Fsp3) is 0.750. The third-order valence-electron chi connectivity index (χ3n) is 3.23. The molecule has 2 heterocycles. The predicted molar refractivity (Wildman–Crippen MR) is 62.1 cm³/mol.